The first-order valence-electron chi connectivity index (χ1n) is 3.77. The summed E-state index contributed by atoms with van der Waals surface area (Å²) in [6.45, 7) is 0. The van der Waals surface area contributed by atoms with E-state index in [4.69, 9.17) is 0 Å². The van der Waals surface area contributed by atoms with E-state index in [9.17, 15) is 31.2 Å². The molecule has 1 aromatic rings. The maximum absolute atomic E-state index is 12.2. The maximum atomic E-state index is 12.2. The Morgan fingerprint density at radius 3 is 1.44 bits per heavy atom. The summed E-state index contributed by atoms with van der Waals surface area (Å²) in [7, 11) is 0. The zero-order valence-electron chi connectivity index (χ0n) is 7.36. The van der Waals surface area contributed by atoms with E-state index in [1.807, 2.05) is 0 Å². The van der Waals surface area contributed by atoms with Gasteiger partial charge in [0.25, 0.3) is 0 Å². The summed E-state index contributed by atoms with van der Waals surface area (Å²) in [6.07, 6.45) is -9.92. The number of alkyl halides is 6. The van der Waals surface area contributed by atoms with Crippen LogP contribution in [0.4, 0.5) is 32.0 Å². The Morgan fingerprint density at radius 1 is 0.812 bits per heavy atom. The van der Waals surface area contributed by atoms with Crippen LogP contribution in [0.25, 0.3) is 0 Å². The summed E-state index contributed by atoms with van der Waals surface area (Å²) in [5, 5.41) is 2.07. The summed E-state index contributed by atoms with van der Waals surface area (Å²) >= 11 is 0. The first kappa shape index (κ1) is 12.5. The largest absolute Gasteiger partial charge is 0.416 e. The minimum Gasteiger partial charge on any atom is -0.166 e. The number of halogens is 6. The number of hydrogen-bond donors (Lipinski definition) is 0. The molecule has 0 N–H and O–H groups in total. The van der Waals surface area contributed by atoms with Crippen LogP contribution in [-0.4, -0.2) is 0 Å². The fourth-order valence-electron chi connectivity index (χ4n) is 0.991. The van der Waals surface area contributed by atoms with E-state index in [2.05, 4.69) is 5.18 Å². The van der Waals surface area contributed by atoms with Crippen LogP contribution in [0.5, 0.6) is 0 Å². The quantitative estimate of drug-likeness (QED) is 0.538. The van der Waals surface area contributed by atoms with E-state index in [1.54, 1.807) is 0 Å². The number of nitrogens with zero attached hydrogens (tertiary/aromatic N) is 1. The van der Waals surface area contributed by atoms with E-state index >= 15 is 0 Å². The lowest BCUT2D eigenvalue weighted by Gasteiger charge is -2.11. The minimum atomic E-state index is -4.96. The smallest absolute Gasteiger partial charge is 0.166 e. The average Bonchev–Trinajstić information content (AvgIpc) is 2.14. The lowest BCUT2D eigenvalue weighted by atomic mass is 10.1. The van der Waals surface area contributed by atoms with Gasteiger partial charge in [0.2, 0.25) is 0 Å². The van der Waals surface area contributed by atoms with Crippen molar-refractivity contribution in [2.24, 2.45) is 5.18 Å². The van der Waals surface area contributed by atoms with Gasteiger partial charge in [-0.1, -0.05) is 0 Å². The highest BCUT2D eigenvalue weighted by atomic mass is 19.4. The summed E-state index contributed by atoms with van der Waals surface area (Å²) in [5.74, 6) is 0. The third kappa shape index (κ3) is 2.71. The van der Waals surface area contributed by atoms with Gasteiger partial charge in [-0.15, -0.1) is 4.91 Å². The second-order valence-electron chi connectivity index (χ2n) is 2.86. The van der Waals surface area contributed by atoms with Crippen LogP contribution in [0.15, 0.2) is 23.4 Å². The molecule has 0 bridgehead atoms. The molecule has 88 valence electrons. The molecule has 8 heteroatoms. The SMILES string of the molecule is O=Nc1cc(C(F)(F)F)cc(C(F)(F)F)c1. The number of hydrogen-bond acceptors (Lipinski definition) is 2. The molecule has 0 radical (unpaired) electrons. The van der Waals surface area contributed by atoms with E-state index in [-0.39, 0.29) is 18.2 Å². The molecule has 1 rings (SSSR count). The molecule has 0 atom stereocenters. The van der Waals surface area contributed by atoms with Crippen molar-refractivity contribution in [1.82, 2.24) is 0 Å². The molecule has 0 saturated heterocycles. The second kappa shape index (κ2) is 3.76. The number of nitroso groups, excluding NO2 is 1. The van der Waals surface area contributed by atoms with Gasteiger partial charge in [0.15, 0.2) is 0 Å². The normalized spacial score (nSPS) is 12.6. The Morgan fingerprint density at radius 2 is 1.19 bits per heavy atom. The Labute approximate surface area is 84.8 Å². The van der Waals surface area contributed by atoms with E-state index in [1.165, 1.54) is 0 Å². The predicted octanol–water partition coefficient (Wildman–Crippen LogP) is 4.12. The molecule has 0 unspecified atom stereocenters. The van der Waals surface area contributed by atoms with Gasteiger partial charge in [-0.05, 0) is 23.4 Å². The van der Waals surface area contributed by atoms with Gasteiger partial charge in [-0.25, -0.2) is 0 Å². The van der Waals surface area contributed by atoms with Crippen molar-refractivity contribution in [1.29, 1.82) is 0 Å². The van der Waals surface area contributed by atoms with Gasteiger partial charge >= 0.3 is 12.4 Å². The molecule has 0 aromatic heterocycles. The zero-order chi connectivity index (χ0) is 12.6. The van der Waals surface area contributed by atoms with Crippen molar-refractivity contribution in [3.05, 3.63) is 34.2 Å². The monoisotopic (exact) mass is 243 g/mol. The van der Waals surface area contributed by atoms with E-state index in [0.29, 0.717) is 0 Å². The molecule has 0 amide bonds. The minimum absolute atomic E-state index is 0.0747. The third-order valence-electron chi connectivity index (χ3n) is 1.68. The lowest BCUT2D eigenvalue weighted by molar-refractivity contribution is -0.143. The van der Waals surface area contributed by atoms with E-state index in [0.717, 1.165) is 0 Å². The van der Waals surface area contributed by atoms with Crippen molar-refractivity contribution >= 4 is 5.69 Å². The predicted molar refractivity (Wildman–Crippen MR) is 41.9 cm³/mol. The van der Waals surface area contributed by atoms with Gasteiger partial charge in [0.05, 0.1) is 11.1 Å². The molecular weight excluding hydrogens is 240 g/mol. The Balaban J connectivity index is 3.39. The summed E-state index contributed by atoms with van der Waals surface area (Å²) in [4.78, 5) is 9.98. The molecule has 2 nitrogen and oxygen atoms in total. The topological polar surface area (TPSA) is 29.4 Å². The first-order valence-corrected chi connectivity index (χ1v) is 3.77. The highest BCUT2D eigenvalue weighted by Crippen LogP contribution is 2.37. The second-order valence-corrected chi connectivity index (χ2v) is 2.86. The Kier molecular flexibility index (Phi) is 2.93. The van der Waals surface area contributed by atoms with Crippen LogP contribution in [0, 0.1) is 4.91 Å². The Hall–Kier alpha value is -1.60. The number of benzene rings is 1. The van der Waals surface area contributed by atoms with Gasteiger partial charge in [-0.3, -0.25) is 0 Å². The van der Waals surface area contributed by atoms with E-state index < -0.39 is 29.2 Å². The van der Waals surface area contributed by atoms with Crippen LogP contribution >= 0.6 is 0 Å². The van der Waals surface area contributed by atoms with Crippen molar-refractivity contribution < 1.29 is 26.3 Å². The van der Waals surface area contributed by atoms with Crippen LogP contribution < -0.4 is 0 Å². The third-order valence-corrected chi connectivity index (χ3v) is 1.68. The molecule has 0 aliphatic heterocycles. The molecule has 0 heterocycles. The van der Waals surface area contributed by atoms with Gasteiger partial charge in [-0.2, -0.15) is 26.3 Å². The zero-order valence-corrected chi connectivity index (χ0v) is 7.36. The van der Waals surface area contributed by atoms with Crippen molar-refractivity contribution in [3.63, 3.8) is 0 Å². The van der Waals surface area contributed by atoms with Gasteiger partial charge < -0.3 is 0 Å². The molecular formula is C8H3F6NO. The average molecular weight is 243 g/mol. The van der Waals surface area contributed by atoms with Crippen LogP contribution in [0.2, 0.25) is 0 Å². The molecule has 1 aromatic carbocycles. The van der Waals surface area contributed by atoms with Gasteiger partial charge in [0, 0.05) is 0 Å². The fraction of sp³-hybridized carbons (Fsp3) is 0.250. The standard InChI is InChI=1S/C8H3F6NO/c9-7(10,11)4-1-5(8(12,13)14)3-6(2-4)15-16/h1-3H. The lowest BCUT2D eigenvalue weighted by Crippen LogP contribution is -2.10. The molecule has 0 fully saturated rings. The van der Waals surface area contributed by atoms with Crippen LogP contribution in [0.3, 0.4) is 0 Å². The summed E-state index contributed by atoms with van der Waals surface area (Å²) in [5.41, 5.74) is -4.03. The summed E-state index contributed by atoms with van der Waals surface area (Å²) < 4.78 is 73.0. The highest BCUT2D eigenvalue weighted by Gasteiger charge is 2.37. The van der Waals surface area contributed by atoms with Crippen molar-refractivity contribution in [3.8, 4) is 0 Å². The molecule has 0 aliphatic rings. The Bertz CT molecular complexity index is 376. The van der Waals surface area contributed by atoms with Crippen LogP contribution in [-0.2, 0) is 12.4 Å². The molecule has 0 saturated carbocycles. The number of rotatable bonds is 1. The molecule has 0 aliphatic carbocycles. The molecule has 16 heavy (non-hydrogen) atoms. The summed E-state index contributed by atoms with van der Waals surface area (Å²) in [6, 6.07) is 0.430. The van der Waals surface area contributed by atoms with Crippen LogP contribution in [0.1, 0.15) is 11.1 Å². The van der Waals surface area contributed by atoms with Crippen molar-refractivity contribution in [2.45, 2.75) is 12.4 Å². The van der Waals surface area contributed by atoms with Crippen molar-refractivity contribution in [2.75, 3.05) is 0 Å². The highest BCUT2D eigenvalue weighted by molar-refractivity contribution is 5.45. The fourth-order valence-corrected chi connectivity index (χ4v) is 0.991. The molecule has 0 spiro atoms. The van der Waals surface area contributed by atoms with Gasteiger partial charge in [0.1, 0.15) is 5.69 Å². The maximum Gasteiger partial charge on any atom is 0.416 e. The first-order chi connectivity index (χ1) is 7.14.